The zero-order chi connectivity index (χ0) is 13.0. The lowest BCUT2D eigenvalue weighted by molar-refractivity contribution is 0.0939. The molecule has 1 aromatic carbocycles. The van der Waals surface area contributed by atoms with E-state index in [9.17, 15) is 4.79 Å². The van der Waals surface area contributed by atoms with Gasteiger partial charge in [0.05, 0.1) is 14.2 Å². The maximum atomic E-state index is 12.0. The lowest BCUT2D eigenvalue weighted by Crippen LogP contribution is -2.36. The zero-order valence-corrected chi connectivity index (χ0v) is 10.7. The Morgan fingerprint density at radius 2 is 2.11 bits per heavy atom. The molecule has 18 heavy (non-hydrogen) atoms. The molecule has 1 aliphatic rings. The van der Waals surface area contributed by atoms with E-state index in [1.807, 2.05) is 0 Å². The minimum atomic E-state index is -0.0790. The molecule has 0 radical (unpaired) electrons. The van der Waals surface area contributed by atoms with E-state index in [1.54, 1.807) is 32.4 Å². The Labute approximate surface area is 106 Å². The van der Waals surface area contributed by atoms with Crippen LogP contribution in [0.5, 0.6) is 11.5 Å². The van der Waals surface area contributed by atoms with E-state index >= 15 is 0 Å². The molecule has 1 atom stereocenters. The van der Waals surface area contributed by atoms with Gasteiger partial charge in [0.2, 0.25) is 0 Å². The van der Waals surface area contributed by atoms with E-state index in [-0.39, 0.29) is 11.9 Å². The van der Waals surface area contributed by atoms with Gasteiger partial charge in [0.25, 0.3) is 5.91 Å². The first-order chi connectivity index (χ1) is 8.74. The Kier molecular flexibility index (Phi) is 4.04. The second kappa shape index (κ2) is 5.73. The van der Waals surface area contributed by atoms with Gasteiger partial charge in [-0.3, -0.25) is 4.79 Å². The number of hydrogen-bond donors (Lipinski definition) is 2. The van der Waals surface area contributed by atoms with Gasteiger partial charge in [0.1, 0.15) is 0 Å². The zero-order valence-electron chi connectivity index (χ0n) is 10.7. The molecule has 0 unspecified atom stereocenters. The van der Waals surface area contributed by atoms with Crippen LogP contribution >= 0.6 is 0 Å². The highest BCUT2D eigenvalue weighted by Crippen LogP contribution is 2.27. The first kappa shape index (κ1) is 12.7. The molecule has 0 aromatic heterocycles. The summed E-state index contributed by atoms with van der Waals surface area (Å²) in [4.78, 5) is 12.0. The van der Waals surface area contributed by atoms with Crippen molar-refractivity contribution in [3.8, 4) is 11.5 Å². The topological polar surface area (TPSA) is 59.6 Å². The van der Waals surface area contributed by atoms with Crippen LogP contribution in [0.1, 0.15) is 16.8 Å². The van der Waals surface area contributed by atoms with E-state index in [2.05, 4.69) is 10.6 Å². The van der Waals surface area contributed by atoms with Crippen molar-refractivity contribution in [1.82, 2.24) is 10.6 Å². The van der Waals surface area contributed by atoms with Crippen LogP contribution in [0.25, 0.3) is 0 Å². The van der Waals surface area contributed by atoms with Crippen LogP contribution in [0.3, 0.4) is 0 Å². The SMILES string of the molecule is COc1ccc(C(=O)N[C@H]2CCNC2)cc1OC. The molecule has 5 nitrogen and oxygen atoms in total. The quantitative estimate of drug-likeness (QED) is 0.829. The highest BCUT2D eigenvalue weighted by molar-refractivity contribution is 5.95. The Balaban J connectivity index is 2.09. The van der Waals surface area contributed by atoms with Crippen molar-refractivity contribution in [3.05, 3.63) is 23.8 Å². The van der Waals surface area contributed by atoms with Crippen molar-refractivity contribution in [2.75, 3.05) is 27.3 Å². The number of amides is 1. The van der Waals surface area contributed by atoms with Crippen molar-refractivity contribution in [2.45, 2.75) is 12.5 Å². The van der Waals surface area contributed by atoms with Crippen LogP contribution < -0.4 is 20.1 Å². The number of carbonyl (C=O) groups excluding carboxylic acids is 1. The van der Waals surface area contributed by atoms with Crippen LogP contribution in [-0.2, 0) is 0 Å². The molecule has 1 aliphatic heterocycles. The summed E-state index contributed by atoms with van der Waals surface area (Å²) in [6, 6.07) is 5.38. The lowest BCUT2D eigenvalue weighted by Gasteiger charge is -2.13. The van der Waals surface area contributed by atoms with Gasteiger partial charge >= 0.3 is 0 Å². The summed E-state index contributed by atoms with van der Waals surface area (Å²) in [6.45, 7) is 1.79. The average molecular weight is 250 g/mol. The van der Waals surface area contributed by atoms with E-state index in [1.165, 1.54) is 0 Å². The lowest BCUT2D eigenvalue weighted by atomic mass is 10.1. The van der Waals surface area contributed by atoms with E-state index in [0.717, 1.165) is 19.5 Å². The average Bonchev–Trinajstić information content (AvgIpc) is 2.90. The minimum Gasteiger partial charge on any atom is -0.493 e. The predicted molar refractivity (Wildman–Crippen MR) is 68.3 cm³/mol. The van der Waals surface area contributed by atoms with Gasteiger partial charge in [-0.1, -0.05) is 0 Å². The molecule has 2 rings (SSSR count). The Bertz CT molecular complexity index is 428. The fourth-order valence-corrected chi connectivity index (χ4v) is 2.02. The third-order valence-corrected chi connectivity index (χ3v) is 3.04. The number of methoxy groups -OCH3 is 2. The monoisotopic (exact) mass is 250 g/mol. The number of benzene rings is 1. The molecule has 0 aliphatic carbocycles. The minimum absolute atomic E-state index is 0.0790. The summed E-state index contributed by atoms with van der Waals surface area (Å²) < 4.78 is 10.3. The molecule has 98 valence electrons. The Hall–Kier alpha value is -1.75. The first-order valence-corrected chi connectivity index (χ1v) is 5.98. The van der Waals surface area contributed by atoms with Crippen LogP contribution in [0.15, 0.2) is 18.2 Å². The Morgan fingerprint density at radius 3 is 2.72 bits per heavy atom. The van der Waals surface area contributed by atoms with Gasteiger partial charge in [-0.25, -0.2) is 0 Å². The van der Waals surface area contributed by atoms with Gasteiger partial charge in [0, 0.05) is 18.2 Å². The standard InChI is InChI=1S/C13H18N2O3/c1-17-11-4-3-9(7-12(11)18-2)13(16)15-10-5-6-14-8-10/h3-4,7,10,14H,5-6,8H2,1-2H3,(H,15,16)/t10-/m0/s1. The summed E-state index contributed by atoms with van der Waals surface area (Å²) in [5, 5.41) is 6.20. The summed E-state index contributed by atoms with van der Waals surface area (Å²) in [7, 11) is 3.13. The van der Waals surface area contributed by atoms with Gasteiger partial charge in [0.15, 0.2) is 11.5 Å². The van der Waals surface area contributed by atoms with Crippen molar-refractivity contribution >= 4 is 5.91 Å². The second-order valence-electron chi connectivity index (χ2n) is 4.23. The van der Waals surface area contributed by atoms with Gasteiger partial charge in [-0.2, -0.15) is 0 Å². The number of carbonyl (C=O) groups is 1. The van der Waals surface area contributed by atoms with Crippen molar-refractivity contribution in [2.24, 2.45) is 0 Å². The molecule has 0 spiro atoms. The molecular formula is C13H18N2O3. The van der Waals surface area contributed by atoms with E-state index < -0.39 is 0 Å². The number of rotatable bonds is 4. The molecule has 1 saturated heterocycles. The number of hydrogen-bond acceptors (Lipinski definition) is 4. The summed E-state index contributed by atoms with van der Waals surface area (Å²) in [5.74, 6) is 1.11. The summed E-state index contributed by atoms with van der Waals surface area (Å²) >= 11 is 0. The van der Waals surface area contributed by atoms with Crippen LogP contribution in [0.2, 0.25) is 0 Å². The fraction of sp³-hybridized carbons (Fsp3) is 0.462. The smallest absolute Gasteiger partial charge is 0.251 e. The second-order valence-corrected chi connectivity index (χ2v) is 4.23. The van der Waals surface area contributed by atoms with Gasteiger partial charge in [-0.05, 0) is 31.2 Å². The van der Waals surface area contributed by atoms with Crippen LogP contribution in [0, 0.1) is 0 Å². The molecule has 1 amide bonds. The Morgan fingerprint density at radius 1 is 1.33 bits per heavy atom. The van der Waals surface area contributed by atoms with Gasteiger partial charge < -0.3 is 20.1 Å². The number of nitrogens with one attached hydrogen (secondary N) is 2. The van der Waals surface area contributed by atoms with E-state index in [0.29, 0.717) is 17.1 Å². The van der Waals surface area contributed by atoms with Crippen molar-refractivity contribution in [1.29, 1.82) is 0 Å². The molecule has 1 aromatic rings. The largest absolute Gasteiger partial charge is 0.493 e. The van der Waals surface area contributed by atoms with Crippen molar-refractivity contribution in [3.63, 3.8) is 0 Å². The summed E-state index contributed by atoms with van der Waals surface area (Å²) in [5.41, 5.74) is 0.583. The number of ether oxygens (including phenoxy) is 2. The molecule has 1 fully saturated rings. The predicted octanol–water partition coefficient (Wildman–Crippen LogP) is 0.795. The molecule has 2 N–H and O–H groups in total. The summed E-state index contributed by atoms with van der Waals surface area (Å²) in [6.07, 6.45) is 0.971. The molecule has 0 bridgehead atoms. The highest BCUT2D eigenvalue weighted by atomic mass is 16.5. The highest BCUT2D eigenvalue weighted by Gasteiger charge is 2.18. The molecular weight excluding hydrogens is 232 g/mol. The van der Waals surface area contributed by atoms with Crippen LogP contribution in [-0.4, -0.2) is 39.3 Å². The third kappa shape index (κ3) is 2.73. The normalized spacial score (nSPS) is 18.4. The maximum absolute atomic E-state index is 12.0. The van der Waals surface area contributed by atoms with Gasteiger partial charge in [-0.15, -0.1) is 0 Å². The maximum Gasteiger partial charge on any atom is 0.251 e. The molecule has 0 saturated carbocycles. The third-order valence-electron chi connectivity index (χ3n) is 3.04. The molecule has 1 heterocycles. The molecule has 5 heteroatoms. The first-order valence-electron chi connectivity index (χ1n) is 5.98. The van der Waals surface area contributed by atoms with Crippen molar-refractivity contribution < 1.29 is 14.3 Å². The van der Waals surface area contributed by atoms with E-state index in [4.69, 9.17) is 9.47 Å². The van der Waals surface area contributed by atoms with Crippen LogP contribution in [0.4, 0.5) is 0 Å². The fourth-order valence-electron chi connectivity index (χ4n) is 2.02.